The topological polar surface area (TPSA) is 65.1 Å². The van der Waals surface area contributed by atoms with Crippen molar-refractivity contribution in [3.05, 3.63) is 0 Å². The van der Waals surface area contributed by atoms with E-state index in [9.17, 15) is 0 Å². The highest BCUT2D eigenvalue weighted by Gasteiger charge is 2.26. The quantitative estimate of drug-likeness (QED) is 0.335. The predicted molar refractivity (Wildman–Crippen MR) is 75.0 cm³/mol. The summed E-state index contributed by atoms with van der Waals surface area (Å²) in [5, 5.41) is 11.9. The molecule has 0 atom stereocenters. The van der Waals surface area contributed by atoms with Gasteiger partial charge < -0.3 is 20.7 Å². The molecule has 0 bridgehead atoms. The highest BCUT2D eigenvalue weighted by atomic mass is 16.4. The molecule has 5 nitrogen and oxygen atoms in total. The third-order valence-electron chi connectivity index (χ3n) is 4.14. The van der Waals surface area contributed by atoms with Crippen LogP contribution in [-0.2, 0) is 0 Å². The van der Waals surface area contributed by atoms with Crippen LogP contribution >= 0.6 is 0 Å². The Morgan fingerprint density at radius 1 is 1.39 bits per heavy atom. The highest BCUT2D eigenvalue weighted by molar-refractivity contribution is 5.85. The first-order valence-electron chi connectivity index (χ1n) is 6.73. The minimum absolute atomic E-state index is 0.229. The van der Waals surface area contributed by atoms with Gasteiger partial charge in [-0.3, -0.25) is 0 Å². The van der Waals surface area contributed by atoms with E-state index in [2.05, 4.69) is 29.1 Å². The number of hydrogen-bond acceptors (Lipinski definition) is 4. The SMILES string of the molecule is CN(C)C1CCN(CCC(C)(C)C(N)=NO)CC1. The number of amidine groups is 1. The first-order chi connectivity index (χ1) is 8.36. The molecule has 1 saturated heterocycles. The van der Waals surface area contributed by atoms with Gasteiger partial charge in [0.15, 0.2) is 0 Å². The highest BCUT2D eigenvalue weighted by Crippen LogP contribution is 2.22. The van der Waals surface area contributed by atoms with Crippen LogP contribution in [0, 0.1) is 5.41 Å². The Balaban J connectivity index is 2.34. The van der Waals surface area contributed by atoms with Crippen LogP contribution in [0.15, 0.2) is 5.16 Å². The number of nitrogens with two attached hydrogens (primary N) is 1. The lowest BCUT2D eigenvalue weighted by atomic mass is 9.87. The van der Waals surface area contributed by atoms with E-state index in [1.54, 1.807) is 0 Å². The van der Waals surface area contributed by atoms with Crippen LogP contribution in [0.2, 0.25) is 0 Å². The molecular formula is C13H28N4O. The fraction of sp³-hybridized carbons (Fsp3) is 0.923. The van der Waals surface area contributed by atoms with Gasteiger partial charge >= 0.3 is 0 Å². The number of piperidine rings is 1. The van der Waals surface area contributed by atoms with Crippen LogP contribution in [0.4, 0.5) is 0 Å². The van der Waals surface area contributed by atoms with Crippen molar-refractivity contribution >= 4 is 5.84 Å². The molecule has 1 aliphatic rings. The van der Waals surface area contributed by atoms with Crippen molar-refractivity contribution in [3.63, 3.8) is 0 Å². The van der Waals surface area contributed by atoms with Crippen LogP contribution in [0.5, 0.6) is 0 Å². The van der Waals surface area contributed by atoms with Crippen molar-refractivity contribution in [2.45, 2.75) is 39.2 Å². The van der Waals surface area contributed by atoms with Gasteiger partial charge in [-0.25, -0.2) is 0 Å². The maximum Gasteiger partial charge on any atom is 0.144 e. The molecule has 0 amide bonds. The first kappa shape index (κ1) is 15.2. The monoisotopic (exact) mass is 256 g/mol. The van der Waals surface area contributed by atoms with Gasteiger partial charge in [0, 0.05) is 11.5 Å². The van der Waals surface area contributed by atoms with Crippen molar-refractivity contribution in [2.75, 3.05) is 33.7 Å². The van der Waals surface area contributed by atoms with Gasteiger partial charge in [0.2, 0.25) is 0 Å². The summed E-state index contributed by atoms with van der Waals surface area (Å²) in [4.78, 5) is 4.80. The summed E-state index contributed by atoms with van der Waals surface area (Å²) >= 11 is 0. The summed E-state index contributed by atoms with van der Waals surface area (Å²) in [5.41, 5.74) is 5.47. The van der Waals surface area contributed by atoms with Gasteiger partial charge in [-0.15, -0.1) is 0 Å². The molecule has 18 heavy (non-hydrogen) atoms. The Morgan fingerprint density at radius 2 is 1.94 bits per heavy atom. The van der Waals surface area contributed by atoms with Crippen molar-refractivity contribution in [2.24, 2.45) is 16.3 Å². The fourth-order valence-electron chi connectivity index (χ4n) is 2.36. The van der Waals surface area contributed by atoms with Gasteiger partial charge in [-0.05, 0) is 53.0 Å². The van der Waals surface area contributed by atoms with Gasteiger partial charge in [0.05, 0.1) is 0 Å². The zero-order chi connectivity index (χ0) is 13.8. The summed E-state index contributed by atoms with van der Waals surface area (Å²) in [5.74, 6) is 0.325. The predicted octanol–water partition coefficient (Wildman–Crippen LogP) is 1.18. The smallest absolute Gasteiger partial charge is 0.144 e. The van der Waals surface area contributed by atoms with E-state index in [0.29, 0.717) is 5.84 Å². The summed E-state index contributed by atoms with van der Waals surface area (Å²) < 4.78 is 0. The van der Waals surface area contributed by atoms with Crippen LogP contribution < -0.4 is 5.73 Å². The van der Waals surface area contributed by atoms with Crippen molar-refractivity contribution in [1.82, 2.24) is 9.80 Å². The standard InChI is InChI=1S/C13H28N4O/c1-13(2,12(14)15-18)7-10-17-8-5-11(6-9-17)16(3)4/h11,18H,5-10H2,1-4H3,(H2,14,15). The second kappa shape index (κ2) is 6.38. The minimum atomic E-state index is -0.229. The molecule has 5 heteroatoms. The van der Waals surface area contributed by atoms with E-state index in [1.807, 2.05) is 13.8 Å². The zero-order valence-electron chi connectivity index (χ0n) is 12.2. The van der Waals surface area contributed by atoms with E-state index in [4.69, 9.17) is 10.9 Å². The zero-order valence-corrected chi connectivity index (χ0v) is 12.2. The molecule has 0 spiro atoms. The lowest BCUT2D eigenvalue weighted by Gasteiger charge is -2.36. The number of nitrogens with zero attached hydrogens (tertiary/aromatic N) is 3. The lowest BCUT2D eigenvalue weighted by Crippen LogP contribution is -2.43. The van der Waals surface area contributed by atoms with Crippen LogP contribution in [0.1, 0.15) is 33.1 Å². The average Bonchev–Trinajstić information content (AvgIpc) is 2.35. The molecular weight excluding hydrogens is 228 g/mol. The molecule has 0 unspecified atom stereocenters. The van der Waals surface area contributed by atoms with E-state index >= 15 is 0 Å². The molecule has 1 rings (SSSR count). The number of rotatable bonds is 5. The Bertz CT molecular complexity index is 281. The Labute approximate surface area is 111 Å². The van der Waals surface area contributed by atoms with Gasteiger partial charge in [-0.2, -0.15) is 0 Å². The summed E-state index contributed by atoms with van der Waals surface area (Å²) in [6.45, 7) is 7.36. The normalized spacial score (nSPS) is 20.6. The lowest BCUT2D eigenvalue weighted by molar-refractivity contribution is 0.137. The third kappa shape index (κ3) is 4.14. The molecule has 0 aromatic rings. The maximum absolute atomic E-state index is 8.75. The van der Waals surface area contributed by atoms with Crippen LogP contribution in [0.3, 0.4) is 0 Å². The summed E-state index contributed by atoms with van der Waals surface area (Å²) in [6, 6.07) is 0.721. The molecule has 0 aliphatic carbocycles. The van der Waals surface area contributed by atoms with E-state index in [1.165, 1.54) is 12.8 Å². The molecule has 3 N–H and O–H groups in total. The largest absolute Gasteiger partial charge is 0.409 e. The maximum atomic E-state index is 8.75. The molecule has 0 radical (unpaired) electrons. The summed E-state index contributed by atoms with van der Waals surface area (Å²) in [6.07, 6.45) is 3.39. The fourth-order valence-corrected chi connectivity index (χ4v) is 2.36. The van der Waals surface area contributed by atoms with Gasteiger partial charge in [0.1, 0.15) is 5.84 Å². The first-order valence-corrected chi connectivity index (χ1v) is 6.73. The number of hydrogen-bond donors (Lipinski definition) is 2. The number of likely N-dealkylation sites (tertiary alicyclic amines) is 1. The minimum Gasteiger partial charge on any atom is -0.409 e. The van der Waals surface area contributed by atoms with Crippen LogP contribution in [-0.4, -0.2) is 60.6 Å². The van der Waals surface area contributed by atoms with Crippen LogP contribution in [0.25, 0.3) is 0 Å². The molecule has 106 valence electrons. The summed E-state index contributed by atoms with van der Waals surface area (Å²) in [7, 11) is 4.31. The molecule has 0 aromatic heterocycles. The van der Waals surface area contributed by atoms with E-state index < -0.39 is 0 Å². The Morgan fingerprint density at radius 3 is 2.39 bits per heavy atom. The second-order valence-electron chi connectivity index (χ2n) is 6.16. The van der Waals surface area contributed by atoms with E-state index in [-0.39, 0.29) is 5.41 Å². The molecule has 0 saturated carbocycles. The van der Waals surface area contributed by atoms with Crippen molar-refractivity contribution in [1.29, 1.82) is 0 Å². The third-order valence-corrected chi connectivity index (χ3v) is 4.14. The average molecular weight is 256 g/mol. The molecule has 0 aromatic carbocycles. The van der Waals surface area contributed by atoms with Crippen molar-refractivity contribution in [3.8, 4) is 0 Å². The second-order valence-corrected chi connectivity index (χ2v) is 6.16. The molecule has 1 heterocycles. The molecule has 1 fully saturated rings. The Hall–Kier alpha value is -0.810. The Kier molecular flexibility index (Phi) is 5.41. The van der Waals surface area contributed by atoms with Gasteiger partial charge in [-0.1, -0.05) is 19.0 Å². The van der Waals surface area contributed by atoms with Gasteiger partial charge in [0.25, 0.3) is 0 Å². The van der Waals surface area contributed by atoms with E-state index in [0.717, 1.165) is 32.1 Å². The number of oxime groups is 1. The molecule has 1 aliphatic heterocycles. The van der Waals surface area contributed by atoms with Crippen molar-refractivity contribution < 1.29 is 5.21 Å².